The lowest BCUT2D eigenvalue weighted by atomic mass is 10.2. The summed E-state index contributed by atoms with van der Waals surface area (Å²) in [6, 6.07) is 18.9. The Morgan fingerprint density at radius 1 is 0.962 bits per heavy atom. The summed E-state index contributed by atoms with van der Waals surface area (Å²) < 4.78 is 17.3. The molecule has 0 radical (unpaired) electrons. The Bertz CT molecular complexity index is 1240. The molecule has 0 bridgehead atoms. The topological polar surface area (TPSA) is 77.7 Å². The summed E-state index contributed by atoms with van der Waals surface area (Å²) in [4.78, 5) is 0. The first-order valence-corrected chi connectivity index (χ1v) is 7.76. The number of halogens is 1. The minimum Gasteiger partial charge on any atom is -0.505 e. The van der Waals surface area contributed by atoms with E-state index in [1.165, 1.54) is 12.1 Å². The van der Waals surface area contributed by atoms with Crippen molar-refractivity contribution in [2.45, 2.75) is 0 Å². The zero-order valence-electron chi connectivity index (χ0n) is 13.4. The number of rotatable bonds is 2. The number of phenols is 1. The summed E-state index contributed by atoms with van der Waals surface area (Å²) in [5.74, 6) is -0.774. The van der Waals surface area contributed by atoms with Gasteiger partial charge in [0.1, 0.15) is 29.2 Å². The van der Waals surface area contributed by atoms with Gasteiger partial charge in [-0.1, -0.05) is 18.2 Å². The molecule has 2 aromatic heterocycles. The van der Waals surface area contributed by atoms with Crippen molar-refractivity contribution in [2.24, 2.45) is 0 Å². The second kappa shape index (κ2) is 5.80. The van der Waals surface area contributed by atoms with Gasteiger partial charge in [-0.2, -0.15) is 10.5 Å². The van der Waals surface area contributed by atoms with Gasteiger partial charge >= 0.3 is 0 Å². The van der Waals surface area contributed by atoms with E-state index in [2.05, 4.69) is 12.1 Å². The molecule has 0 amide bonds. The number of aromatic nitrogens is 2. The van der Waals surface area contributed by atoms with Crippen LogP contribution in [0.2, 0.25) is 0 Å². The van der Waals surface area contributed by atoms with Crippen LogP contribution in [0.5, 0.6) is 5.75 Å². The summed E-state index contributed by atoms with van der Waals surface area (Å²) in [6.07, 6.45) is 1.68. The van der Waals surface area contributed by atoms with Crippen LogP contribution >= 0.6 is 0 Å². The van der Waals surface area contributed by atoms with Crippen LogP contribution in [0.1, 0.15) is 11.3 Å². The van der Waals surface area contributed by atoms with Crippen LogP contribution in [-0.4, -0.2) is 14.2 Å². The molecule has 1 N–H and O–H groups in total. The van der Waals surface area contributed by atoms with Crippen molar-refractivity contribution in [2.75, 3.05) is 0 Å². The molecule has 0 unspecified atom stereocenters. The van der Waals surface area contributed by atoms with Gasteiger partial charge in [0.05, 0.1) is 11.2 Å². The van der Waals surface area contributed by atoms with Gasteiger partial charge in [0.2, 0.25) is 0 Å². The third kappa shape index (κ3) is 2.14. The van der Waals surface area contributed by atoms with E-state index < -0.39 is 11.6 Å². The van der Waals surface area contributed by atoms with Crippen LogP contribution in [-0.2, 0) is 0 Å². The second-order valence-electron chi connectivity index (χ2n) is 5.67. The normalized spacial score (nSPS) is 10.6. The summed E-state index contributed by atoms with van der Waals surface area (Å²) in [7, 11) is 0. The Hall–Kier alpha value is -4.03. The largest absolute Gasteiger partial charge is 0.505 e. The van der Waals surface area contributed by atoms with E-state index in [0.717, 1.165) is 0 Å². The number of nitriles is 2. The molecule has 0 aliphatic heterocycles. The molecule has 0 saturated carbocycles. The Balaban J connectivity index is 2.18. The van der Waals surface area contributed by atoms with Crippen LogP contribution < -0.4 is 0 Å². The monoisotopic (exact) mass is 342 g/mol. The molecule has 0 atom stereocenters. The number of nitrogens with zero attached hydrogens (tertiary/aromatic N) is 4. The third-order valence-electron chi connectivity index (χ3n) is 4.24. The fourth-order valence-electron chi connectivity index (χ4n) is 3.12. The number of aromatic hydroxyl groups is 1. The van der Waals surface area contributed by atoms with E-state index in [1.54, 1.807) is 39.6 Å². The molecule has 5 nitrogen and oxygen atoms in total. The Kier molecular flexibility index (Phi) is 3.46. The predicted molar refractivity (Wildman–Crippen MR) is 93.7 cm³/mol. The fraction of sp³-hybridized carbons (Fsp3) is 0. The van der Waals surface area contributed by atoms with Gasteiger partial charge in [-0.05, 0) is 30.3 Å². The van der Waals surface area contributed by atoms with Gasteiger partial charge < -0.3 is 5.11 Å². The smallest absolute Gasteiger partial charge is 0.166 e. The highest BCUT2D eigenvalue weighted by Gasteiger charge is 2.21. The Labute approximate surface area is 148 Å². The maximum Gasteiger partial charge on any atom is 0.166 e. The van der Waals surface area contributed by atoms with Gasteiger partial charge in [-0.15, -0.1) is 0 Å². The molecule has 26 heavy (non-hydrogen) atoms. The van der Waals surface area contributed by atoms with Crippen LogP contribution in [0, 0.1) is 28.5 Å². The van der Waals surface area contributed by atoms with Crippen LogP contribution in [0.3, 0.4) is 0 Å². The van der Waals surface area contributed by atoms with Crippen LogP contribution in [0.4, 0.5) is 4.39 Å². The number of hydrogen-bond acceptors (Lipinski definition) is 3. The van der Waals surface area contributed by atoms with Crippen molar-refractivity contribution in [3.8, 4) is 29.4 Å². The van der Waals surface area contributed by atoms with E-state index >= 15 is 0 Å². The van der Waals surface area contributed by atoms with E-state index in [0.29, 0.717) is 33.7 Å². The predicted octanol–water partition coefficient (Wildman–Crippen LogP) is 4.01. The highest BCUT2D eigenvalue weighted by atomic mass is 19.1. The molecule has 124 valence electrons. The van der Waals surface area contributed by atoms with Crippen molar-refractivity contribution in [1.82, 2.24) is 9.13 Å². The first-order valence-electron chi connectivity index (χ1n) is 7.76. The molecule has 0 saturated heterocycles. The summed E-state index contributed by atoms with van der Waals surface area (Å²) in [5.41, 5.74) is 1.86. The highest BCUT2D eigenvalue weighted by Crippen LogP contribution is 2.33. The SMILES string of the molecule is N#Cc1c(-n2cccc2C#N)n(-c2ccc(O)c(F)c2)c2ccccc12. The average Bonchev–Trinajstić information content (AvgIpc) is 3.25. The highest BCUT2D eigenvalue weighted by molar-refractivity contribution is 5.92. The molecule has 0 spiro atoms. The summed E-state index contributed by atoms with van der Waals surface area (Å²) >= 11 is 0. The van der Waals surface area contributed by atoms with Gasteiger partial charge in [-0.3, -0.25) is 9.13 Å². The molecule has 0 aliphatic rings. The van der Waals surface area contributed by atoms with Gasteiger partial charge in [0, 0.05) is 17.6 Å². The van der Waals surface area contributed by atoms with Gasteiger partial charge in [0.15, 0.2) is 11.6 Å². The molecular weight excluding hydrogens is 331 g/mol. The van der Waals surface area contributed by atoms with E-state index in [9.17, 15) is 20.0 Å². The van der Waals surface area contributed by atoms with E-state index in [-0.39, 0.29) is 0 Å². The third-order valence-corrected chi connectivity index (χ3v) is 4.24. The van der Waals surface area contributed by atoms with Crippen LogP contribution in [0.15, 0.2) is 60.8 Å². The Morgan fingerprint density at radius 2 is 1.77 bits per heavy atom. The number of benzene rings is 2. The lowest BCUT2D eigenvalue weighted by Crippen LogP contribution is -2.06. The number of phenolic OH excluding ortho intramolecular Hbond substituents is 1. The molecule has 4 rings (SSSR count). The molecule has 2 heterocycles. The summed E-state index contributed by atoms with van der Waals surface area (Å²) in [6.45, 7) is 0. The van der Waals surface area contributed by atoms with Crippen molar-refractivity contribution in [3.63, 3.8) is 0 Å². The standard InChI is InChI=1S/C20H11FN4O/c21-17-10-13(7-8-19(17)26)25-18-6-2-1-5-15(18)16(12-23)20(25)24-9-3-4-14(24)11-22/h1-10,26H. The quantitative estimate of drug-likeness (QED) is 0.598. The lowest BCUT2D eigenvalue weighted by molar-refractivity contribution is 0.432. The molecule has 6 heteroatoms. The first kappa shape index (κ1) is 15.5. The van der Waals surface area contributed by atoms with Crippen LogP contribution in [0.25, 0.3) is 22.4 Å². The zero-order valence-corrected chi connectivity index (χ0v) is 13.4. The van der Waals surface area contributed by atoms with Gasteiger partial charge in [-0.25, -0.2) is 4.39 Å². The maximum atomic E-state index is 14.0. The number of fused-ring (bicyclic) bond motifs is 1. The zero-order chi connectivity index (χ0) is 18.3. The maximum absolute atomic E-state index is 14.0. The summed E-state index contributed by atoms with van der Waals surface area (Å²) in [5, 5.41) is 29.4. The minimum atomic E-state index is -0.766. The first-order chi connectivity index (χ1) is 12.7. The molecule has 2 aromatic carbocycles. The molecule has 0 aliphatic carbocycles. The average molecular weight is 342 g/mol. The minimum absolute atomic E-state index is 0.352. The van der Waals surface area contributed by atoms with E-state index in [4.69, 9.17) is 0 Å². The van der Waals surface area contributed by atoms with E-state index in [1.807, 2.05) is 18.2 Å². The molecule has 4 aromatic rings. The lowest BCUT2D eigenvalue weighted by Gasteiger charge is -2.13. The second-order valence-corrected chi connectivity index (χ2v) is 5.67. The Morgan fingerprint density at radius 3 is 2.50 bits per heavy atom. The van der Waals surface area contributed by atoms with Crippen molar-refractivity contribution >= 4 is 10.9 Å². The fourth-order valence-corrected chi connectivity index (χ4v) is 3.12. The van der Waals surface area contributed by atoms with Crippen molar-refractivity contribution < 1.29 is 9.50 Å². The number of para-hydroxylation sites is 1. The van der Waals surface area contributed by atoms with Crippen molar-refractivity contribution in [1.29, 1.82) is 10.5 Å². The molecular formula is C20H11FN4O. The number of hydrogen-bond donors (Lipinski definition) is 1. The van der Waals surface area contributed by atoms with Crippen molar-refractivity contribution in [3.05, 3.63) is 77.9 Å². The van der Waals surface area contributed by atoms with Gasteiger partial charge in [0.25, 0.3) is 0 Å². The molecule has 0 fully saturated rings.